The largest absolute Gasteiger partial charge is 0.394 e. The second-order valence-electron chi connectivity index (χ2n) is 16.0. The first-order valence-corrected chi connectivity index (χ1v) is 32.3. The summed E-state index contributed by atoms with van der Waals surface area (Å²) in [7, 11) is 0. The van der Waals surface area contributed by atoms with Crippen LogP contribution in [0.15, 0.2) is 60.7 Å². The first-order chi connectivity index (χ1) is 32.8. The Morgan fingerprint density at radius 2 is 1.03 bits per heavy atom. The molecule has 0 spiro atoms. The van der Waals surface area contributed by atoms with Gasteiger partial charge >= 0.3 is 362 Å². The van der Waals surface area contributed by atoms with Crippen LogP contribution in [0, 0.1) is 63.6 Å². The average molecular weight is 1370 g/mol. The normalized spacial score (nSPS) is 24.2. The van der Waals surface area contributed by atoms with E-state index in [4.69, 9.17) is 47.4 Å². The Bertz CT molecular complexity index is 2360. The van der Waals surface area contributed by atoms with Gasteiger partial charge in [0, 0.05) is 0 Å². The SMILES string of the molecule is CC(C)OC(=O)[C@H](C)N[P](=[W])(OC[C@H]1O[C@@H](C)[C@H](C#N)[C@@H]1O)Oc1ccccc1.CC(C)OC(=O)[C@H](C)N[P](=[W])(Oc1ccccc1)Oc1c(F)c(F)c(F)c(F)c1F.C[C@@H]1O[C@H](CO)[C@@H](O)[C@H]1C#N. The van der Waals surface area contributed by atoms with Crippen LogP contribution in [0.1, 0.15) is 55.4 Å². The van der Waals surface area contributed by atoms with Crippen molar-refractivity contribution in [2.75, 3.05) is 13.2 Å². The molecule has 26 heteroatoms. The van der Waals surface area contributed by atoms with E-state index in [1.807, 2.05) is 24.3 Å². The molecule has 2 saturated heterocycles. The number of carbonyl (C=O) groups is 2. The van der Waals surface area contributed by atoms with Gasteiger partial charge in [-0.1, -0.05) is 0 Å². The molecule has 3 aromatic carbocycles. The Morgan fingerprint density at radius 1 is 0.657 bits per heavy atom. The van der Waals surface area contributed by atoms with Gasteiger partial charge in [-0.05, 0) is 6.92 Å². The van der Waals surface area contributed by atoms with Gasteiger partial charge in [-0.15, -0.1) is 0 Å². The number of esters is 2. The predicted octanol–water partition coefficient (Wildman–Crippen LogP) is 6.78. The van der Waals surface area contributed by atoms with Crippen molar-refractivity contribution in [3.8, 4) is 29.4 Å². The van der Waals surface area contributed by atoms with E-state index in [1.165, 1.54) is 19.1 Å². The second kappa shape index (κ2) is 28.1. The van der Waals surface area contributed by atoms with Crippen molar-refractivity contribution < 1.29 is 122 Å². The van der Waals surface area contributed by atoms with Crippen molar-refractivity contribution in [2.24, 2.45) is 11.8 Å². The smallest absolute Gasteiger partial charge is 0.108 e. The first-order valence-electron chi connectivity index (χ1n) is 21.4. The fraction of sp³-hybridized carbons (Fsp3) is 0.500. The average Bonchev–Trinajstić information content (AvgIpc) is 3.75. The van der Waals surface area contributed by atoms with Crippen molar-refractivity contribution in [3.05, 3.63) is 89.7 Å². The number of aliphatic hydroxyl groups is 3. The Morgan fingerprint density at radius 3 is 1.40 bits per heavy atom. The Hall–Kier alpha value is -3.45. The molecule has 5 rings (SSSR count). The molecule has 2 heterocycles. The summed E-state index contributed by atoms with van der Waals surface area (Å²) in [5.74, 6) is -13.8. The number of ether oxygens (including phenoxy) is 4. The molecule has 3 aromatic rings. The molecule has 12 atom stereocenters. The number of nitrogens with zero attached hydrogens (tertiary/aromatic N) is 2. The van der Waals surface area contributed by atoms with Crippen LogP contribution in [-0.4, -0.2) is 101 Å². The van der Waals surface area contributed by atoms with Crippen molar-refractivity contribution in [3.63, 3.8) is 0 Å². The molecule has 70 heavy (non-hydrogen) atoms. The first kappa shape index (κ1) is 60.8. The molecule has 5 N–H and O–H groups in total. The van der Waals surface area contributed by atoms with Crippen molar-refractivity contribution >= 4 is 22.9 Å². The minimum absolute atomic E-state index is 0.0345. The summed E-state index contributed by atoms with van der Waals surface area (Å²) < 4.78 is 113. The summed E-state index contributed by atoms with van der Waals surface area (Å²) in [5, 5.41) is 51.9. The summed E-state index contributed by atoms with van der Waals surface area (Å²) >= 11 is 1.40. The van der Waals surface area contributed by atoms with Gasteiger partial charge in [0.2, 0.25) is 0 Å². The van der Waals surface area contributed by atoms with Crippen LogP contribution in [0.25, 0.3) is 0 Å². The van der Waals surface area contributed by atoms with Crippen LogP contribution >= 0.6 is 11.0 Å². The summed E-state index contributed by atoms with van der Waals surface area (Å²) in [6, 6.07) is 19.3. The molecular formula is C44H55F5N4O13P2W2. The van der Waals surface area contributed by atoms with E-state index >= 15 is 0 Å². The number of rotatable bonds is 18. The van der Waals surface area contributed by atoms with Crippen molar-refractivity contribution in [2.45, 2.75) is 116 Å². The van der Waals surface area contributed by atoms with Gasteiger partial charge in [-0.2, -0.15) is 5.26 Å². The fourth-order valence-electron chi connectivity index (χ4n) is 6.16. The summed E-state index contributed by atoms with van der Waals surface area (Å²) in [6.07, 6.45) is -4.37. The van der Waals surface area contributed by atoms with E-state index in [0.717, 1.165) is 18.8 Å². The maximum Gasteiger partial charge on any atom is 0.108 e. The molecule has 2 aliphatic rings. The zero-order valence-electron chi connectivity index (χ0n) is 39.0. The van der Waals surface area contributed by atoms with Gasteiger partial charge in [0.1, 0.15) is 18.1 Å². The molecule has 0 radical (unpaired) electrons. The van der Waals surface area contributed by atoms with Crippen LogP contribution in [-0.2, 0) is 70.7 Å². The number of hydrogen-bond acceptors (Lipinski definition) is 17. The Balaban J connectivity index is 0.000000305. The van der Waals surface area contributed by atoms with E-state index in [9.17, 15) is 47.0 Å². The molecule has 0 amide bonds. The van der Waals surface area contributed by atoms with Gasteiger partial charge in [0.05, 0.1) is 18.8 Å². The molecule has 2 fully saturated rings. The molecule has 17 nitrogen and oxygen atoms in total. The molecule has 2 aliphatic heterocycles. The van der Waals surface area contributed by atoms with Crippen LogP contribution in [0.4, 0.5) is 22.0 Å². The van der Waals surface area contributed by atoms with Gasteiger partial charge < -0.3 is 14.9 Å². The molecule has 0 aromatic heterocycles. The van der Waals surface area contributed by atoms with Crippen molar-refractivity contribution in [1.82, 2.24) is 10.2 Å². The summed E-state index contributed by atoms with van der Waals surface area (Å²) in [4.78, 5) is 24.4. The van der Waals surface area contributed by atoms with Crippen LogP contribution in [0.2, 0.25) is 0 Å². The van der Waals surface area contributed by atoms with E-state index in [-0.39, 0.29) is 37.3 Å². The van der Waals surface area contributed by atoms with Gasteiger partial charge in [0.25, 0.3) is 0 Å². The third-order valence-electron chi connectivity index (χ3n) is 9.61. The molecule has 0 saturated carbocycles. The molecule has 2 unspecified atom stereocenters. The zero-order chi connectivity index (χ0) is 52.7. The number of hydrogen-bond donors (Lipinski definition) is 5. The fourth-order valence-corrected chi connectivity index (χ4v) is 15.9. The maximum absolute atomic E-state index is 14.1. The summed E-state index contributed by atoms with van der Waals surface area (Å²) in [6.45, 7) is 13.2. The molecule has 0 bridgehead atoms. The number of para-hydroxylation sites is 2. The summed E-state index contributed by atoms with van der Waals surface area (Å²) in [5.41, 5.74) is -6.29. The van der Waals surface area contributed by atoms with Crippen molar-refractivity contribution in [1.29, 1.82) is 10.5 Å². The van der Waals surface area contributed by atoms with Crippen LogP contribution < -0.4 is 23.7 Å². The number of nitrogens with one attached hydrogen (secondary N) is 2. The van der Waals surface area contributed by atoms with E-state index in [2.05, 4.69) is 16.2 Å². The minimum Gasteiger partial charge on any atom is -0.394 e. The topological polar surface area (TPSA) is 240 Å². The number of aliphatic hydroxyl groups excluding tert-OH is 3. The van der Waals surface area contributed by atoms with Gasteiger partial charge in [-0.3, -0.25) is 0 Å². The quantitative estimate of drug-likeness (QED) is 0.0290. The monoisotopic (exact) mass is 1370 g/mol. The van der Waals surface area contributed by atoms with Crippen LogP contribution in [0.3, 0.4) is 0 Å². The molecule has 0 aliphatic carbocycles. The number of benzene rings is 3. The third kappa shape index (κ3) is 17.6. The van der Waals surface area contributed by atoms with E-state index in [0.29, 0.717) is 24.6 Å². The molecular weight excluding hydrogens is 1320 g/mol. The maximum atomic E-state index is 14.1. The van der Waals surface area contributed by atoms with Gasteiger partial charge in [0.15, 0.2) is 0 Å². The third-order valence-corrected chi connectivity index (χ3v) is 18.6. The zero-order valence-corrected chi connectivity index (χ0v) is 46.7. The minimum atomic E-state index is -3.58. The Kier molecular flexibility index (Phi) is 24.4. The number of nitriles is 2. The molecule has 386 valence electrons. The number of halogens is 5. The van der Waals surface area contributed by atoms with E-state index in [1.54, 1.807) is 78.8 Å². The Labute approximate surface area is 423 Å². The van der Waals surface area contributed by atoms with Crippen LogP contribution in [0.5, 0.6) is 17.2 Å². The second-order valence-corrected chi connectivity index (χ2v) is 29.7. The standard InChI is InChI=1S/C19H27N2O6P.C18H17F5NO4P.C7H11NO3.2W/c1-12(2)25-19(23)13(3)21-28(27-15-8-6-5-7-9-15)24-11-17-18(22)16(10-20)14(4)26-17;1-9(2)26-18(25)10(3)24-29(27-11-7-5-4-6-8-11)28-17-15(22)13(20)12(19)14(21)16(17)23;1-4-5(2-8)7(10)6(3-9)11-4;;/h5-9,12-14,16-18,21-22H,11H2,1-4H3;4-10,24H,1-3H3;4-7,9-10H,3H2,1H3;;/t13-,14-,16-,17+,18-,28?;10-,29?;4-,5-,6+,7-;;/m000../s1. The predicted molar refractivity (Wildman–Crippen MR) is 234 cm³/mol. The van der Waals surface area contributed by atoms with E-state index < -0.39 is 112 Å². The van der Waals surface area contributed by atoms with Gasteiger partial charge in [-0.25, -0.2) is 0 Å². The number of carbonyl (C=O) groups excluding carboxylic acids is 2.